The molecule has 0 saturated carbocycles. The summed E-state index contributed by atoms with van der Waals surface area (Å²) in [7, 11) is 0. The van der Waals surface area contributed by atoms with Crippen LogP contribution in [0.2, 0.25) is 0 Å². The lowest BCUT2D eigenvalue weighted by molar-refractivity contribution is -0.156. The van der Waals surface area contributed by atoms with Gasteiger partial charge in [-0.3, -0.25) is 4.79 Å². The lowest BCUT2D eigenvalue weighted by atomic mass is 10.2. The van der Waals surface area contributed by atoms with Crippen LogP contribution >= 0.6 is 34.8 Å². The minimum Gasteiger partial charge on any atom is -0.459 e. The van der Waals surface area contributed by atoms with E-state index in [4.69, 9.17) is 49.0 Å². The first-order valence-electron chi connectivity index (χ1n) is 8.51. The van der Waals surface area contributed by atoms with Crippen LogP contribution in [-0.4, -0.2) is 45.8 Å². The highest BCUT2D eigenvalue weighted by molar-refractivity contribution is 6.67. The molecule has 0 aliphatic rings. The fourth-order valence-corrected chi connectivity index (χ4v) is 2.22. The molecule has 156 valence electrons. The average Bonchev–Trinajstić information content (AvgIpc) is 2.59. The topological polar surface area (TPSA) is 82.1 Å². The van der Waals surface area contributed by atoms with E-state index in [2.05, 4.69) is 0 Å². The lowest BCUT2D eigenvalue weighted by Crippen LogP contribution is -2.31. The molecule has 1 rings (SSSR count). The van der Waals surface area contributed by atoms with Crippen LogP contribution in [0.1, 0.15) is 25.8 Å². The Bertz CT molecular complexity index is 643. The van der Waals surface area contributed by atoms with E-state index in [0.717, 1.165) is 11.6 Å². The Morgan fingerprint density at radius 3 is 2.39 bits per heavy atom. The van der Waals surface area contributed by atoms with Gasteiger partial charge in [-0.1, -0.05) is 65.1 Å². The van der Waals surface area contributed by atoms with Crippen molar-refractivity contribution in [2.75, 3.05) is 6.61 Å². The van der Waals surface area contributed by atoms with Gasteiger partial charge in [0.2, 0.25) is 3.79 Å². The third kappa shape index (κ3) is 11.5. The maximum absolute atomic E-state index is 11.8. The molecular weight excluding hydrogens is 431 g/mol. The van der Waals surface area contributed by atoms with E-state index in [1.165, 1.54) is 13.0 Å². The number of rotatable bonds is 10. The molecule has 0 saturated heterocycles. The van der Waals surface area contributed by atoms with Crippen molar-refractivity contribution in [3.8, 4) is 0 Å². The van der Waals surface area contributed by atoms with Crippen molar-refractivity contribution in [3.05, 3.63) is 48.0 Å². The van der Waals surface area contributed by atoms with E-state index in [-0.39, 0.29) is 13.0 Å². The van der Waals surface area contributed by atoms with Crippen LogP contribution in [0.3, 0.4) is 0 Å². The zero-order chi connectivity index (χ0) is 21.2. The summed E-state index contributed by atoms with van der Waals surface area (Å²) >= 11 is 16.6. The van der Waals surface area contributed by atoms with Crippen molar-refractivity contribution in [2.45, 2.75) is 49.0 Å². The number of aliphatic hydroxyl groups is 1. The first kappa shape index (κ1) is 24.7. The number of alkyl halides is 3. The number of hydrogen-bond donors (Lipinski definition) is 1. The molecule has 1 aromatic carbocycles. The third-order valence-electron chi connectivity index (χ3n) is 3.33. The van der Waals surface area contributed by atoms with Crippen LogP contribution in [0, 0.1) is 0 Å². The van der Waals surface area contributed by atoms with Gasteiger partial charge in [-0.2, -0.15) is 0 Å². The van der Waals surface area contributed by atoms with Crippen molar-refractivity contribution >= 4 is 46.7 Å². The summed E-state index contributed by atoms with van der Waals surface area (Å²) in [5, 5.41) is 9.29. The number of aliphatic hydroxyl groups excluding tert-OH is 1. The summed E-state index contributed by atoms with van der Waals surface area (Å²) in [6.45, 7) is 2.93. The summed E-state index contributed by atoms with van der Waals surface area (Å²) < 4.78 is 14.2. The molecule has 28 heavy (non-hydrogen) atoms. The van der Waals surface area contributed by atoms with Crippen LogP contribution in [0.4, 0.5) is 0 Å². The van der Waals surface area contributed by atoms with E-state index < -0.39 is 40.6 Å². The van der Waals surface area contributed by atoms with Crippen LogP contribution in [0.5, 0.6) is 0 Å². The van der Waals surface area contributed by atoms with Crippen LogP contribution in [0.15, 0.2) is 42.5 Å². The quantitative estimate of drug-likeness (QED) is 0.330. The summed E-state index contributed by atoms with van der Waals surface area (Å²) in [5.41, 5.74) is 0.905. The summed E-state index contributed by atoms with van der Waals surface area (Å²) in [4.78, 5) is 23.6. The van der Waals surface area contributed by atoms with Crippen molar-refractivity contribution in [1.29, 1.82) is 0 Å². The van der Waals surface area contributed by atoms with Gasteiger partial charge >= 0.3 is 11.9 Å². The fourth-order valence-electron chi connectivity index (χ4n) is 2.05. The molecule has 1 aromatic rings. The van der Waals surface area contributed by atoms with Gasteiger partial charge in [0.25, 0.3) is 0 Å². The molecule has 9 heteroatoms. The Labute approximate surface area is 179 Å². The van der Waals surface area contributed by atoms with Crippen molar-refractivity contribution < 1.29 is 28.9 Å². The molecule has 0 spiro atoms. The van der Waals surface area contributed by atoms with Crippen molar-refractivity contribution in [2.24, 2.45) is 0 Å². The summed E-state index contributed by atoms with van der Waals surface area (Å²) in [6, 6.07) is 9.36. The number of carbonyl (C=O) groups is 2. The number of carbonyl (C=O) groups excluding carboxylic acids is 2. The maximum Gasteiger partial charge on any atom is 0.330 e. The monoisotopic (exact) mass is 452 g/mol. The second kappa shape index (κ2) is 12.3. The standard InChI is InChI=1S/C19H23Cl3O6/c1-13(23)10-18(25)28-14(2)16(26-11-15-6-4-3-5-7-15)8-9-17(24)27-12-19(20,21)22/h3-9,13-14,16,23H,10-12H2,1-2H3/b9-8+/t13-,14-,16+/m0/s1. The predicted octanol–water partition coefficient (Wildman–Crippen LogP) is 3.74. The zero-order valence-electron chi connectivity index (χ0n) is 15.5. The molecule has 0 unspecified atom stereocenters. The van der Waals surface area contributed by atoms with Gasteiger partial charge < -0.3 is 19.3 Å². The van der Waals surface area contributed by atoms with Crippen LogP contribution in [0.25, 0.3) is 0 Å². The first-order valence-corrected chi connectivity index (χ1v) is 9.65. The molecule has 0 fully saturated rings. The van der Waals surface area contributed by atoms with Gasteiger partial charge in [0, 0.05) is 6.08 Å². The zero-order valence-corrected chi connectivity index (χ0v) is 17.8. The second-order valence-electron chi connectivity index (χ2n) is 6.09. The largest absolute Gasteiger partial charge is 0.459 e. The van der Waals surface area contributed by atoms with E-state index in [1.807, 2.05) is 30.3 Å². The maximum atomic E-state index is 11.8. The smallest absolute Gasteiger partial charge is 0.330 e. The molecule has 3 atom stereocenters. The van der Waals surface area contributed by atoms with E-state index >= 15 is 0 Å². The second-order valence-corrected chi connectivity index (χ2v) is 8.61. The van der Waals surface area contributed by atoms with Crippen molar-refractivity contribution in [3.63, 3.8) is 0 Å². The first-order chi connectivity index (χ1) is 13.1. The number of halogens is 3. The number of ether oxygens (including phenoxy) is 3. The van der Waals surface area contributed by atoms with Crippen LogP contribution in [-0.2, 0) is 30.4 Å². The highest BCUT2D eigenvalue weighted by atomic mass is 35.6. The molecule has 0 aromatic heterocycles. The normalized spacial score (nSPS) is 15.1. The van der Waals surface area contributed by atoms with E-state index in [9.17, 15) is 14.7 Å². The van der Waals surface area contributed by atoms with Gasteiger partial charge in [0.1, 0.15) is 18.8 Å². The third-order valence-corrected chi connectivity index (χ3v) is 3.65. The molecule has 1 N–H and O–H groups in total. The average molecular weight is 454 g/mol. The molecule has 0 heterocycles. The number of hydrogen-bond acceptors (Lipinski definition) is 6. The minimum absolute atomic E-state index is 0.148. The summed E-state index contributed by atoms with van der Waals surface area (Å²) in [6.07, 6.45) is 0.0984. The lowest BCUT2D eigenvalue weighted by Gasteiger charge is -2.22. The van der Waals surface area contributed by atoms with Gasteiger partial charge in [-0.05, 0) is 25.5 Å². The van der Waals surface area contributed by atoms with E-state index in [1.54, 1.807) is 6.92 Å². The molecule has 0 aliphatic heterocycles. The Balaban J connectivity index is 2.74. The Morgan fingerprint density at radius 2 is 1.82 bits per heavy atom. The highest BCUT2D eigenvalue weighted by Crippen LogP contribution is 2.26. The highest BCUT2D eigenvalue weighted by Gasteiger charge is 2.23. The minimum atomic E-state index is -1.71. The van der Waals surface area contributed by atoms with Gasteiger partial charge in [0.15, 0.2) is 0 Å². The van der Waals surface area contributed by atoms with Gasteiger partial charge in [0.05, 0.1) is 19.1 Å². The fraction of sp³-hybridized carbons (Fsp3) is 0.474. The summed E-state index contributed by atoms with van der Waals surface area (Å²) in [5.74, 6) is -1.31. The Kier molecular flexibility index (Phi) is 10.9. The molecule has 6 nitrogen and oxygen atoms in total. The molecule has 0 aliphatic carbocycles. The predicted molar refractivity (Wildman–Crippen MR) is 107 cm³/mol. The SMILES string of the molecule is C[C@H](O)CC(=O)O[C@@H](C)[C@@H](/C=C/C(=O)OCC(Cl)(Cl)Cl)OCc1ccccc1. The number of benzene rings is 1. The Morgan fingerprint density at radius 1 is 1.18 bits per heavy atom. The van der Waals surface area contributed by atoms with E-state index in [0.29, 0.717) is 0 Å². The molecule has 0 amide bonds. The number of esters is 2. The molecule has 0 bridgehead atoms. The van der Waals surface area contributed by atoms with Gasteiger partial charge in [-0.15, -0.1) is 0 Å². The van der Waals surface area contributed by atoms with Crippen molar-refractivity contribution in [1.82, 2.24) is 0 Å². The van der Waals surface area contributed by atoms with Gasteiger partial charge in [-0.25, -0.2) is 4.79 Å². The molecule has 0 radical (unpaired) electrons. The Hall–Kier alpha value is -1.31. The van der Waals surface area contributed by atoms with Crippen LogP contribution < -0.4 is 0 Å². The molecular formula is C19H23Cl3O6.